The molecule has 1 aromatic rings. The molecular formula is C12H16Br2O4S3. The van der Waals surface area contributed by atoms with Crippen LogP contribution in [0.1, 0.15) is 35.4 Å². The van der Waals surface area contributed by atoms with Crippen LogP contribution in [-0.2, 0) is 31.2 Å². The minimum atomic E-state index is -3.15. The summed E-state index contributed by atoms with van der Waals surface area (Å²) in [4.78, 5) is 1.35. The Morgan fingerprint density at radius 1 is 0.714 bits per heavy atom. The summed E-state index contributed by atoms with van der Waals surface area (Å²) >= 11 is 8.00. The van der Waals surface area contributed by atoms with E-state index in [9.17, 15) is 16.8 Å². The molecule has 0 atom stereocenters. The van der Waals surface area contributed by atoms with Gasteiger partial charge in [-0.15, -0.1) is 11.3 Å². The van der Waals surface area contributed by atoms with Crippen molar-refractivity contribution in [3.8, 4) is 0 Å². The van der Waals surface area contributed by atoms with Crippen molar-refractivity contribution < 1.29 is 16.8 Å². The highest BCUT2D eigenvalue weighted by Gasteiger charge is 2.23. The molecule has 0 amide bonds. The number of rotatable bonds is 0. The summed E-state index contributed by atoms with van der Waals surface area (Å²) in [6.07, 6.45) is 2.71. The molecule has 2 bridgehead atoms. The molecule has 21 heavy (non-hydrogen) atoms. The lowest BCUT2D eigenvalue weighted by molar-refractivity contribution is 0.581. The highest BCUT2D eigenvalue weighted by molar-refractivity contribution is 9.13. The van der Waals surface area contributed by atoms with Crippen LogP contribution < -0.4 is 0 Å². The summed E-state index contributed by atoms with van der Waals surface area (Å²) in [5.41, 5.74) is 0. The number of halogens is 2. The zero-order chi connectivity index (χ0) is 15.7. The first-order valence-electron chi connectivity index (χ1n) is 6.56. The van der Waals surface area contributed by atoms with Crippen LogP contribution in [0.5, 0.6) is 0 Å². The van der Waals surface area contributed by atoms with Crippen molar-refractivity contribution >= 4 is 62.9 Å². The number of thiophene rings is 1. The molecule has 0 aromatic carbocycles. The second kappa shape index (κ2) is 6.98. The van der Waals surface area contributed by atoms with E-state index < -0.39 is 19.7 Å². The van der Waals surface area contributed by atoms with E-state index in [1.54, 1.807) is 0 Å². The lowest BCUT2D eigenvalue weighted by Gasteiger charge is -2.05. The van der Waals surface area contributed by atoms with Gasteiger partial charge in [-0.1, -0.05) is 12.8 Å². The third-order valence-corrected chi connectivity index (χ3v) is 10.9. The standard InChI is InChI=1S/C12H16Br2O4S3/c13-11-9-7-20(15,16)5-3-1-2-4-6-21(17,18)8-10(19-9)12(11)14/h1-8H2. The summed E-state index contributed by atoms with van der Waals surface area (Å²) in [6.45, 7) is 0. The quantitative estimate of drug-likeness (QED) is 0.569. The van der Waals surface area contributed by atoms with Gasteiger partial charge in [-0.25, -0.2) is 16.8 Å². The zero-order valence-electron chi connectivity index (χ0n) is 11.3. The maximum Gasteiger partial charge on any atom is 0.155 e. The minimum absolute atomic E-state index is 0.0309. The number of fused-ring (bicyclic) bond motifs is 2. The second-order valence-electron chi connectivity index (χ2n) is 5.17. The Labute approximate surface area is 146 Å². The van der Waals surface area contributed by atoms with Gasteiger partial charge in [-0.05, 0) is 44.7 Å². The van der Waals surface area contributed by atoms with Gasteiger partial charge in [0.15, 0.2) is 19.7 Å². The molecule has 0 N–H and O–H groups in total. The normalized spacial score (nSPS) is 22.8. The van der Waals surface area contributed by atoms with Crippen LogP contribution in [0, 0.1) is 0 Å². The molecule has 0 fully saturated rings. The SMILES string of the molecule is O=S1(=O)CCCCCCS(=O)(=O)Cc2sc(c(Br)c2Br)C1. The van der Waals surface area contributed by atoms with Gasteiger partial charge in [0, 0.05) is 18.7 Å². The highest BCUT2D eigenvalue weighted by Crippen LogP contribution is 2.39. The molecule has 1 aromatic heterocycles. The molecule has 9 heteroatoms. The Morgan fingerprint density at radius 2 is 1.10 bits per heavy atom. The average molecular weight is 480 g/mol. The molecule has 0 saturated heterocycles. The molecular weight excluding hydrogens is 464 g/mol. The Kier molecular flexibility index (Phi) is 5.96. The van der Waals surface area contributed by atoms with E-state index >= 15 is 0 Å². The van der Waals surface area contributed by atoms with Crippen molar-refractivity contribution in [3.63, 3.8) is 0 Å². The molecule has 1 aliphatic rings. The van der Waals surface area contributed by atoms with Gasteiger partial charge in [0.25, 0.3) is 0 Å². The van der Waals surface area contributed by atoms with Crippen molar-refractivity contribution in [2.24, 2.45) is 0 Å². The average Bonchev–Trinajstić information content (AvgIpc) is 2.60. The highest BCUT2D eigenvalue weighted by atomic mass is 79.9. The van der Waals surface area contributed by atoms with Crippen molar-refractivity contribution in [2.75, 3.05) is 11.5 Å². The fourth-order valence-corrected chi connectivity index (χ4v) is 8.98. The molecule has 1 aliphatic heterocycles. The topological polar surface area (TPSA) is 68.3 Å². The Hall–Kier alpha value is 0.560. The first-order valence-corrected chi connectivity index (χ1v) is 12.6. The summed E-state index contributed by atoms with van der Waals surface area (Å²) in [6, 6.07) is 0. The maximum atomic E-state index is 12.1. The fraction of sp³-hybridized carbons (Fsp3) is 0.667. The number of hydrogen-bond donors (Lipinski definition) is 0. The van der Waals surface area contributed by atoms with Crippen LogP contribution in [0.2, 0.25) is 0 Å². The van der Waals surface area contributed by atoms with Gasteiger partial charge in [-0.2, -0.15) is 0 Å². The summed E-state index contributed by atoms with van der Waals surface area (Å²) in [5.74, 6) is 0.266. The number of sulfone groups is 2. The first-order chi connectivity index (χ1) is 9.70. The fourth-order valence-electron chi connectivity index (χ4n) is 2.21. The van der Waals surface area contributed by atoms with Gasteiger partial charge in [0.1, 0.15) is 0 Å². The lowest BCUT2D eigenvalue weighted by Crippen LogP contribution is -2.10. The van der Waals surface area contributed by atoms with Crippen LogP contribution in [-0.4, -0.2) is 28.3 Å². The van der Waals surface area contributed by atoms with Gasteiger partial charge < -0.3 is 0 Å². The third kappa shape index (κ3) is 5.02. The van der Waals surface area contributed by atoms with Crippen molar-refractivity contribution in [2.45, 2.75) is 37.2 Å². The maximum absolute atomic E-state index is 12.1. The van der Waals surface area contributed by atoms with Crippen molar-refractivity contribution in [3.05, 3.63) is 18.7 Å². The predicted octanol–water partition coefficient (Wildman–Crippen LogP) is 3.68. The molecule has 120 valence electrons. The van der Waals surface area contributed by atoms with Gasteiger partial charge in [0.05, 0.1) is 23.0 Å². The summed E-state index contributed by atoms with van der Waals surface area (Å²) < 4.78 is 49.8. The monoisotopic (exact) mass is 478 g/mol. The Bertz CT molecular complexity index is 659. The van der Waals surface area contributed by atoms with Gasteiger partial charge >= 0.3 is 0 Å². The van der Waals surface area contributed by atoms with Crippen LogP contribution >= 0.6 is 43.2 Å². The van der Waals surface area contributed by atoms with E-state index in [0.717, 1.165) is 12.8 Å². The van der Waals surface area contributed by atoms with Crippen molar-refractivity contribution in [1.82, 2.24) is 0 Å². The van der Waals surface area contributed by atoms with E-state index in [-0.39, 0.29) is 23.0 Å². The third-order valence-electron chi connectivity index (χ3n) is 3.29. The molecule has 4 nitrogen and oxygen atoms in total. The van der Waals surface area contributed by atoms with Crippen molar-refractivity contribution in [1.29, 1.82) is 0 Å². The van der Waals surface area contributed by atoms with E-state index in [1.165, 1.54) is 11.3 Å². The first kappa shape index (κ1) is 17.9. The summed E-state index contributed by atoms with van der Waals surface area (Å²) in [7, 11) is -6.29. The van der Waals surface area contributed by atoms with E-state index in [0.29, 0.717) is 31.5 Å². The second-order valence-corrected chi connectivity index (χ2v) is 12.3. The Balaban J connectivity index is 2.39. The molecule has 0 saturated carbocycles. The molecule has 0 radical (unpaired) electrons. The van der Waals surface area contributed by atoms with Gasteiger partial charge in [-0.3, -0.25) is 0 Å². The molecule has 0 aliphatic carbocycles. The minimum Gasteiger partial charge on any atom is -0.228 e. The molecule has 0 unspecified atom stereocenters. The van der Waals surface area contributed by atoms with E-state index in [1.807, 2.05) is 0 Å². The van der Waals surface area contributed by atoms with Crippen LogP contribution in [0.25, 0.3) is 0 Å². The van der Waals surface area contributed by atoms with Crippen LogP contribution in [0.3, 0.4) is 0 Å². The predicted molar refractivity (Wildman–Crippen MR) is 93.2 cm³/mol. The molecule has 2 heterocycles. The molecule has 2 rings (SSSR count). The summed E-state index contributed by atoms with van der Waals surface area (Å²) in [5, 5.41) is 0. The zero-order valence-corrected chi connectivity index (χ0v) is 16.9. The Morgan fingerprint density at radius 3 is 1.48 bits per heavy atom. The van der Waals surface area contributed by atoms with Gasteiger partial charge in [0.2, 0.25) is 0 Å². The van der Waals surface area contributed by atoms with Crippen LogP contribution in [0.15, 0.2) is 8.95 Å². The number of hydrogen-bond acceptors (Lipinski definition) is 5. The smallest absolute Gasteiger partial charge is 0.155 e. The largest absolute Gasteiger partial charge is 0.228 e. The van der Waals surface area contributed by atoms with E-state index in [2.05, 4.69) is 31.9 Å². The molecule has 0 spiro atoms. The van der Waals surface area contributed by atoms with Crippen LogP contribution in [0.4, 0.5) is 0 Å². The lowest BCUT2D eigenvalue weighted by atomic mass is 10.2. The van der Waals surface area contributed by atoms with E-state index in [4.69, 9.17) is 0 Å².